The molecule has 0 aromatic heterocycles. The van der Waals surface area contributed by atoms with Crippen molar-refractivity contribution in [3.05, 3.63) is 10.6 Å². The molecule has 0 aromatic carbocycles. The second-order valence-corrected chi connectivity index (χ2v) is 8.08. The van der Waals surface area contributed by atoms with Gasteiger partial charge in [0.05, 0.1) is 6.07 Å². The van der Waals surface area contributed by atoms with Gasteiger partial charge in [-0.05, 0) is 62.2 Å². The molecule has 0 N–H and O–H groups in total. The number of halogens is 1. The molecular weight excluding hydrogens is 254 g/mol. The predicted molar refractivity (Wildman–Crippen MR) is 78.6 cm³/mol. The van der Waals surface area contributed by atoms with E-state index in [-0.39, 0.29) is 5.41 Å². The Morgan fingerprint density at radius 1 is 1.26 bits per heavy atom. The van der Waals surface area contributed by atoms with Crippen molar-refractivity contribution in [2.75, 3.05) is 0 Å². The van der Waals surface area contributed by atoms with E-state index in [2.05, 4.69) is 19.9 Å². The van der Waals surface area contributed by atoms with Crippen LogP contribution in [-0.4, -0.2) is 0 Å². The van der Waals surface area contributed by atoms with Gasteiger partial charge in [-0.2, -0.15) is 5.26 Å². The number of nitrogens with zero attached hydrogens (tertiary/aromatic N) is 1. The molecule has 4 aliphatic rings. The third-order valence-corrected chi connectivity index (χ3v) is 6.35. The molecule has 104 valence electrons. The molecule has 0 amide bonds. The molecule has 2 unspecified atom stereocenters. The molecule has 0 aliphatic heterocycles. The highest BCUT2D eigenvalue weighted by atomic mass is 35.5. The molecule has 2 atom stereocenters. The molecule has 4 rings (SSSR count). The first-order valence-electron chi connectivity index (χ1n) is 7.79. The van der Waals surface area contributed by atoms with Crippen molar-refractivity contribution < 1.29 is 0 Å². The number of rotatable bonds is 3. The van der Waals surface area contributed by atoms with Crippen molar-refractivity contribution in [2.24, 2.45) is 22.7 Å². The van der Waals surface area contributed by atoms with Gasteiger partial charge >= 0.3 is 0 Å². The van der Waals surface area contributed by atoms with Crippen molar-refractivity contribution in [3.8, 4) is 6.07 Å². The van der Waals surface area contributed by atoms with E-state index in [1.54, 1.807) is 0 Å². The van der Waals surface area contributed by atoms with Crippen molar-refractivity contribution >= 4 is 11.6 Å². The lowest BCUT2D eigenvalue weighted by Crippen LogP contribution is -2.51. The minimum absolute atomic E-state index is 0.167. The van der Waals surface area contributed by atoms with Gasteiger partial charge in [-0.25, -0.2) is 0 Å². The fourth-order valence-corrected chi connectivity index (χ4v) is 6.12. The van der Waals surface area contributed by atoms with E-state index in [4.69, 9.17) is 11.6 Å². The van der Waals surface area contributed by atoms with Crippen molar-refractivity contribution in [1.29, 1.82) is 5.26 Å². The third kappa shape index (κ3) is 2.13. The van der Waals surface area contributed by atoms with E-state index in [9.17, 15) is 5.26 Å². The molecule has 1 nitrogen and oxygen atoms in total. The van der Waals surface area contributed by atoms with Gasteiger partial charge in [0.1, 0.15) is 0 Å². The summed E-state index contributed by atoms with van der Waals surface area (Å²) < 4.78 is 0. The van der Waals surface area contributed by atoms with Crippen LogP contribution in [0.3, 0.4) is 0 Å². The monoisotopic (exact) mass is 277 g/mol. The van der Waals surface area contributed by atoms with Gasteiger partial charge in [-0.1, -0.05) is 31.9 Å². The van der Waals surface area contributed by atoms with E-state index in [1.165, 1.54) is 38.5 Å². The predicted octanol–water partition coefficient (Wildman–Crippen LogP) is 5.41. The lowest BCUT2D eigenvalue weighted by molar-refractivity contribution is -0.0800. The van der Waals surface area contributed by atoms with Gasteiger partial charge in [-0.3, -0.25) is 0 Å². The molecule has 4 aliphatic carbocycles. The number of allylic oxidation sites excluding steroid dienone is 2. The summed E-state index contributed by atoms with van der Waals surface area (Å²) in [5.41, 5.74) is 1.53. The Bertz CT molecular complexity index is 442. The van der Waals surface area contributed by atoms with E-state index in [0.29, 0.717) is 5.41 Å². The van der Waals surface area contributed by atoms with Gasteiger partial charge < -0.3 is 0 Å². The summed E-state index contributed by atoms with van der Waals surface area (Å²) in [6.07, 6.45) is 9.77. The summed E-state index contributed by atoms with van der Waals surface area (Å²) in [4.78, 5) is 0. The third-order valence-electron chi connectivity index (χ3n) is 5.72. The molecular formula is C17H24ClN. The normalized spacial score (nSPS) is 44.9. The molecule has 0 heterocycles. The minimum atomic E-state index is 0.167. The Labute approximate surface area is 122 Å². The van der Waals surface area contributed by atoms with Crippen LogP contribution in [-0.2, 0) is 0 Å². The van der Waals surface area contributed by atoms with Crippen LogP contribution >= 0.6 is 11.6 Å². The summed E-state index contributed by atoms with van der Waals surface area (Å²) in [5.74, 6) is 1.73. The van der Waals surface area contributed by atoms with Crippen LogP contribution in [0, 0.1) is 34.0 Å². The zero-order chi connectivity index (χ0) is 13.7. The summed E-state index contributed by atoms with van der Waals surface area (Å²) in [5, 5.41) is 10.3. The lowest BCUT2D eigenvalue weighted by Gasteiger charge is -2.61. The van der Waals surface area contributed by atoms with Crippen LogP contribution in [0.1, 0.15) is 65.2 Å². The van der Waals surface area contributed by atoms with E-state index < -0.39 is 0 Å². The Balaban J connectivity index is 1.98. The molecule has 4 saturated carbocycles. The first-order chi connectivity index (χ1) is 9.00. The first kappa shape index (κ1) is 13.5. The van der Waals surface area contributed by atoms with Crippen LogP contribution < -0.4 is 0 Å². The number of hydrogen-bond donors (Lipinski definition) is 0. The Hall–Kier alpha value is -0.480. The molecule has 2 heteroatoms. The van der Waals surface area contributed by atoms with Crippen molar-refractivity contribution in [3.63, 3.8) is 0 Å². The number of nitriles is 1. The zero-order valence-corrected chi connectivity index (χ0v) is 12.9. The maximum Gasteiger partial charge on any atom is 0.0959 e. The first-order valence-corrected chi connectivity index (χ1v) is 8.17. The number of hydrogen-bond acceptors (Lipinski definition) is 1. The van der Waals surface area contributed by atoms with E-state index in [1.807, 2.05) is 0 Å². The quantitative estimate of drug-likeness (QED) is 0.633. The average Bonchev–Trinajstić information content (AvgIpc) is 2.32. The fourth-order valence-electron chi connectivity index (χ4n) is 5.76. The highest BCUT2D eigenvalue weighted by Gasteiger charge is 2.57. The van der Waals surface area contributed by atoms with Gasteiger partial charge in [0.2, 0.25) is 0 Å². The Morgan fingerprint density at radius 2 is 1.89 bits per heavy atom. The molecule has 0 radical (unpaired) electrons. The van der Waals surface area contributed by atoms with Crippen molar-refractivity contribution in [1.82, 2.24) is 0 Å². The molecule has 0 saturated heterocycles. The lowest BCUT2D eigenvalue weighted by atomic mass is 9.44. The van der Waals surface area contributed by atoms with Crippen LogP contribution in [0.4, 0.5) is 0 Å². The zero-order valence-electron chi connectivity index (χ0n) is 12.1. The molecule has 4 fully saturated rings. The van der Waals surface area contributed by atoms with Gasteiger partial charge in [0, 0.05) is 16.0 Å². The van der Waals surface area contributed by atoms with E-state index >= 15 is 0 Å². The summed E-state index contributed by atoms with van der Waals surface area (Å²) in [6.45, 7) is 4.58. The summed E-state index contributed by atoms with van der Waals surface area (Å²) in [7, 11) is 0. The van der Waals surface area contributed by atoms with Crippen LogP contribution in [0.25, 0.3) is 0 Å². The maximum atomic E-state index is 9.40. The van der Waals surface area contributed by atoms with Gasteiger partial charge in [0.15, 0.2) is 0 Å². The Morgan fingerprint density at radius 3 is 2.37 bits per heavy atom. The fraction of sp³-hybridized carbons (Fsp3) is 0.824. The smallest absolute Gasteiger partial charge is 0.0959 e. The van der Waals surface area contributed by atoms with Gasteiger partial charge in [-0.15, -0.1) is 0 Å². The Kier molecular flexibility index (Phi) is 3.21. The summed E-state index contributed by atoms with van der Waals surface area (Å²) in [6, 6.07) is 2.39. The standard InChI is InChI=1S/C17H24ClN/c1-3-4-14(10-19)15(18)17-8-12-5-13(9-17)7-16(2,6-12)11-17/h12-13H,3-9,11H2,1-2H3. The van der Waals surface area contributed by atoms with Crippen LogP contribution in [0.5, 0.6) is 0 Å². The maximum absolute atomic E-state index is 9.40. The van der Waals surface area contributed by atoms with E-state index in [0.717, 1.165) is 35.3 Å². The van der Waals surface area contributed by atoms with Crippen molar-refractivity contribution in [2.45, 2.75) is 65.2 Å². The van der Waals surface area contributed by atoms with Crippen LogP contribution in [0.2, 0.25) is 0 Å². The molecule has 19 heavy (non-hydrogen) atoms. The second-order valence-electron chi connectivity index (χ2n) is 7.71. The highest BCUT2D eigenvalue weighted by Crippen LogP contribution is 2.68. The molecule has 0 spiro atoms. The minimum Gasteiger partial charge on any atom is -0.193 e. The summed E-state index contributed by atoms with van der Waals surface area (Å²) >= 11 is 6.77. The second kappa shape index (κ2) is 4.52. The highest BCUT2D eigenvalue weighted by molar-refractivity contribution is 6.31. The van der Waals surface area contributed by atoms with Crippen LogP contribution in [0.15, 0.2) is 10.6 Å². The van der Waals surface area contributed by atoms with Gasteiger partial charge in [0.25, 0.3) is 0 Å². The molecule has 0 aromatic rings. The SMILES string of the molecule is CCCC(C#N)=C(Cl)C12CC3CC(CC(C)(C3)C1)C2. The molecule has 4 bridgehead atoms. The average molecular weight is 278 g/mol. The topological polar surface area (TPSA) is 23.8 Å². The largest absolute Gasteiger partial charge is 0.193 e.